The zero-order chi connectivity index (χ0) is 17.6. The third-order valence-corrected chi connectivity index (χ3v) is 5.13. The smallest absolute Gasteiger partial charge is 0.120 e. The summed E-state index contributed by atoms with van der Waals surface area (Å²) in [4.78, 5) is 2.44. The number of benzene rings is 1. The summed E-state index contributed by atoms with van der Waals surface area (Å²) in [5.74, 6) is 2.04. The van der Waals surface area contributed by atoms with Crippen molar-refractivity contribution < 1.29 is 9.52 Å². The van der Waals surface area contributed by atoms with Gasteiger partial charge in [-0.3, -0.25) is 4.90 Å². The van der Waals surface area contributed by atoms with Crippen molar-refractivity contribution in [3.05, 3.63) is 59.0 Å². The molecule has 0 bridgehead atoms. The lowest BCUT2D eigenvalue weighted by molar-refractivity contribution is 0.0791. The standard InChI is InChI=1S/C21H30N2O2/c1-3-20-8-9-21(25-20)16(2)22-14-17-6-4-5-7-18(17)15-23-12-10-19(24)11-13-23/h4-9,16,19,22,24H,3,10-15H2,1-2H3. The van der Waals surface area contributed by atoms with Crippen LogP contribution < -0.4 is 5.32 Å². The predicted octanol–water partition coefficient (Wildman–Crippen LogP) is 3.65. The van der Waals surface area contributed by atoms with Gasteiger partial charge in [-0.15, -0.1) is 0 Å². The van der Waals surface area contributed by atoms with Crippen molar-refractivity contribution in [3.63, 3.8) is 0 Å². The number of nitrogens with zero attached hydrogens (tertiary/aromatic N) is 1. The summed E-state index contributed by atoms with van der Waals surface area (Å²) >= 11 is 0. The van der Waals surface area contributed by atoms with Crippen LogP contribution in [0.25, 0.3) is 0 Å². The van der Waals surface area contributed by atoms with Gasteiger partial charge >= 0.3 is 0 Å². The van der Waals surface area contributed by atoms with Crippen molar-refractivity contribution in [2.45, 2.75) is 58.3 Å². The summed E-state index contributed by atoms with van der Waals surface area (Å²) in [7, 11) is 0. The van der Waals surface area contributed by atoms with Gasteiger partial charge < -0.3 is 14.8 Å². The molecule has 136 valence electrons. The van der Waals surface area contributed by atoms with Crippen LogP contribution in [0, 0.1) is 0 Å². The summed E-state index contributed by atoms with van der Waals surface area (Å²) < 4.78 is 5.85. The average Bonchev–Trinajstić information content (AvgIpc) is 3.12. The molecule has 0 aliphatic carbocycles. The fourth-order valence-electron chi connectivity index (χ4n) is 3.38. The Morgan fingerprint density at radius 3 is 2.56 bits per heavy atom. The van der Waals surface area contributed by atoms with E-state index in [-0.39, 0.29) is 12.1 Å². The normalized spacial score (nSPS) is 17.7. The zero-order valence-corrected chi connectivity index (χ0v) is 15.4. The Morgan fingerprint density at radius 1 is 1.16 bits per heavy atom. The molecule has 1 aliphatic heterocycles. The first kappa shape index (κ1) is 18.2. The number of rotatable bonds is 7. The van der Waals surface area contributed by atoms with E-state index in [1.54, 1.807) is 0 Å². The van der Waals surface area contributed by atoms with Gasteiger partial charge in [-0.2, -0.15) is 0 Å². The minimum atomic E-state index is -0.115. The maximum atomic E-state index is 9.68. The molecule has 1 aromatic carbocycles. The zero-order valence-electron chi connectivity index (χ0n) is 15.4. The highest BCUT2D eigenvalue weighted by atomic mass is 16.3. The number of piperidine rings is 1. The number of furan rings is 1. The van der Waals surface area contributed by atoms with E-state index < -0.39 is 0 Å². The summed E-state index contributed by atoms with van der Waals surface area (Å²) in [6, 6.07) is 13.0. The number of hydrogen-bond acceptors (Lipinski definition) is 4. The second-order valence-corrected chi connectivity index (χ2v) is 7.04. The second-order valence-electron chi connectivity index (χ2n) is 7.04. The molecule has 1 atom stereocenters. The van der Waals surface area contributed by atoms with Crippen LogP contribution in [0.5, 0.6) is 0 Å². The van der Waals surface area contributed by atoms with E-state index in [1.165, 1.54) is 11.1 Å². The summed E-state index contributed by atoms with van der Waals surface area (Å²) in [5, 5.41) is 13.3. The lowest BCUT2D eigenvalue weighted by Crippen LogP contribution is -2.35. The maximum absolute atomic E-state index is 9.68. The van der Waals surface area contributed by atoms with Crippen molar-refractivity contribution in [2.24, 2.45) is 0 Å². The number of aryl methyl sites for hydroxylation is 1. The van der Waals surface area contributed by atoms with Gasteiger partial charge in [-0.25, -0.2) is 0 Å². The van der Waals surface area contributed by atoms with Gasteiger partial charge in [-0.05, 0) is 43.0 Å². The van der Waals surface area contributed by atoms with Crippen molar-refractivity contribution >= 4 is 0 Å². The molecule has 1 saturated heterocycles. The first-order valence-electron chi connectivity index (χ1n) is 9.45. The van der Waals surface area contributed by atoms with Crippen LogP contribution in [0.2, 0.25) is 0 Å². The van der Waals surface area contributed by atoms with Crippen LogP contribution in [0.1, 0.15) is 55.4 Å². The van der Waals surface area contributed by atoms with E-state index in [2.05, 4.69) is 60.5 Å². The predicted molar refractivity (Wildman–Crippen MR) is 100 cm³/mol. The van der Waals surface area contributed by atoms with E-state index in [1.807, 2.05) is 0 Å². The molecular weight excluding hydrogens is 312 g/mol. The highest BCUT2D eigenvalue weighted by molar-refractivity contribution is 5.27. The first-order chi connectivity index (χ1) is 12.2. The second kappa shape index (κ2) is 8.65. The van der Waals surface area contributed by atoms with Crippen LogP contribution in [-0.2, 0) is 19.5 Å². The molecule has 1 unspecified atom stereocenters. The first-order valence-corrected chi connectivity index (χ1v) is 9.45. The summed E-state index contributed by atoms with van der Waals surface area (Å²) in [6.45, 7) is 8.00. The lowest BCUT2D eigenvalue weighted by atomic mass is 10.0. The van der Waals surface area contributed by atoms with Crippen LogP contribution in [0.15, 0.2) is 40.8 Å². The molecule has 2 N–H and O–H groups in total. The number of aliphatic hydroxyl groups excluding tert-OH is 1. The van der Waals surface area contributed by atoms with Gasteiger partial charge in [0.25, 0.3) is 0 Å². The van der Waals surface area contributed by atoms with Crippen LogP contribution in [0.4, 0.5) is 0 Å². The lowest BCUT2D eigenvalue weighted by Gasteiger charge is -2.30. The fraction of sp³-hybridized carbons (Fsp3) is 0.524. The van der Waals surface area contributed by atoms with E-state index in [0.717, 1.165) is 57.0 Å². The molecule has 0 radical (unpaired) electrons. The molecule has 1 aromatic heterocycles. The van der Waals surface area contributed by atoms with Crippen molar-refractivity contribution in [3.8, 4) is 0 Å². The molecule has 2 aromatic rings. The Kier molecular flexibility index (Phi) is 6.29. The van der Waals surface area contributed by atoms with Crippen molar-refractivity contribution in [1.82, 2.24) is 10.2 Å². The van der Waals surface area contributed by atoms with Gasteiger partial charge in [-0.1, -0.05) is 31.2 Å². The number of nitrogens with one attached hydrogen (secondary N) is 1. The quantitative estimate of drug-likeness (QED) is 0.806. The number of likely N-dealkylation sites (tertiary alicyclic amines) is 1. The minimum Gasteiger partial charge on any atom is -0.464 e. The Morgan fingerprint density at radius 2 is 1.88 bits per heavy atom. The monoisotopic (exact) mass is 342 g/mol. The average molecular weight is 342 g/mol. The minimum absolute atomic E-state index is 0.115. The molecule has 4 heteroatoms. The highest BCUT2D eigenvalue weighted by Crippen LogP contribution is 2.20. The molecule has 0 spiro atoms. The van der Waals surface area contributed by atoms with Crippen LogP contribution >= 0.6 is 0 Å². The molecule has 1 aliphatic rings. The van der Waals surface area contributed by atoms with E-state index in [9.17, 15) is 5.11 Å². The van der Waals surface area contributed by atoms with Crippen molar-refractivity contribution in [1.29, 1.82) is 0 Å². The molecule has 0 amide bonds. The fourth-order valence-corrected chi connectivity index (χ4v) is 3.38. The SMILES string of the molecule is CCc1ccc(C(C)NCc2ccccc2CN2CCC(O)CC2)o1. The van der Waals surface area contributed by atoms with Gasteiger partial charge in [0, 0.05) is 32.6 Å². The molecule has 0 saturated carbocycles. The Hall–Kier alpha value is -1.62. The maximum Gasteiger partial charge on any atom is 0.120 e. The van der Waals surface area contributed by atoms with Gasteiger partial charge in [0.15, 0.2) is 0 Å². The van der Waals surface area contributed by atoms with E-state index in [4.69, 9.17) is 4.42 Å². The topological polar surface area (TPSA) is 48.6 Å². The largest absolute Gasteiger partial charge is 0.464 e. The molecule has 2 heterocycles. The third-order valence-electron chi connectivity index (χ3n) is 5.13. The Labute approximate surface area is 150 Å². The third kappa shape index (κ3) is 4.94. The van der Waals surface area contributed by atoms with E-state index >= 15 is 0 Å². The molecule has 4 nitrogen and oxygen atoms in total. The van der Waals surface area contributed by atoms with Gasteiger partial charge in [0.2, 0.25) is 0 Å². The molecule has 3 rings (SSSR count). The number of hydrogen-bond donors (Lipinski definition) is 2. The van der Waals surface area contributed by atoms with Crippen LogP contribution in [0.3, 0.4) is 0 Å². The summed E-state index contributed by atoms with van der Waals surface area (Å²) in [6.07, 6.45) is 2.58. The summed E-state index contributed by atoms with van der Waals surface area (Å²) in [5.41, 5.74) is 2.70. The van der Waals surface area contributed by atoms with Gasteiger partial charge in [0.05, 0.1) is 12.1 Å². The molecule has 1 fully saturated rings. The Balaban J connectivity index is 1.58. The molecular formula is C21H30N2O2. The van der Waals surface area contributed by atoms with E-state index in [0.29, 0.717) is 0 Å². The van der Waals surface area contributed by atoms with Crippen molar-refractivity contribution in [2.75, 3.05) is 13.1 Å². The Bertz CT molecular complexity index is 659. The van der Waals surface area contributed by atoms with Gasteiger partial charge in [0.1, 0.15) is 11.5 Å². The number of aliphatic hydroxyl groups is 1. The highest BCUT2D eigenvalue weighted by Gasteiger charge is 2.18. The van der Waals surface area contributed by atoms with Crippen LogP contribution in [-0.4, -0.2) is 29.2 Å². The molecule has 25 heavy (non-hydrogen) atoms.